The second-order valence-electron chi connectivity index (χ2n) is 14.7. The highest BCUT2D eigenvalue weighted by Crippen LogP contribution is 2.55. The molecule has 3 aromatic carbocycles. The Morgan fingerprint density at radius 1 is 0.609 bits per heavy atom. The summed E-state index contributed by atoms with van der Waals surface area (Å²) in [5.41, 5.74) is 8.11. The van der Waals surface area contributed by atoms with Gasteiger partial charge in [0, 0.05) is 71.2 Å². The summed E-state index contributed by atoms with van der Waals surface area (Å²) in [6.45, 7) is 1.83. The van der Waals surface area contributed by atoms with Crippen LogP contribution >= 0.6 is 0 Å². The van der Waals surface area contributed by atoms with Gasteiger partial charge in [0.05, 0.1) is 14.2 Å². The maximum absolute atomic E-state index is 5.59. The van der Waals surface area contributed by atoms with Crippen molar-refractivity contribution in [2.24, 2.45) is 23.7 Å². The maximum atomic E-state index is 5.59. The van der Waals surface area contributed by atoms with Crippen molar-refractivity contribution in [3.05, 3.63) is 95.3 Å². The lowest BCUT2D eigenvalue weighted by Gasteiger charge is -2.32. The van der Waals surface area contributed by atoms with Gasteiger partial charge in [-0.3, -0.25) is 0 Å². The van der Waals surface area contributed by atoms with E-state index in [2.05, 4.69) is 93.7 Å². The molecule has 0 saturated heterocycles. The van der Waals surface area contributed by atoms with Crippen LogP contribution in [0.15, 0.2) is 73.1 Å². The highest BCUT2D eigenvalue weighted by atomic mass is 16.5. The number of H-pyrrole nitrogens is 2. The van der Waals surface area contributed by atoms with Crippen molar-refractivity contribution < 1.29 is 9.47 Å². The first-order chi connectivity index (χ1) is 22.7. The van der Waals surface area contributed by atoms with Crippen molar-refractivity contribution in [1.29, 1.82) is 0 Å². The molecule has 4 saturated carbocycles. The number of aromatic nitrogens is 2. The molecule has 2 heterocycles. The molecule has 9 rings (SSSR count). The van der Waals surface area contributed by atoms with Gasteiger partial charge < -0.3 is 30.1 Å². The minimum atomic E-state index is 0.510. The lowest BCUT2D eigenvalue weighted by molar-refractivity contribution is 0.309. The van der Waals surface area contributed by atoms with Crippen LogP contribution in [0.1, 0.15) is 72.6 Å². The smallest absolute Gasteiger partial charge is 0.119 e. The summed E-state index contributed by atoms with van der Waals surface area (Å²) in [7, 11) is 3.52. The number of hydrogen-bond acceptors (Lipinski definition) is 4. The molecule has 0 unspecified atom stereocenters. The van der Waals surface area contributed by atoms with Crippen molar-refractivity contribution in [3.63, 3.8) is 0 Å². The van der Waals surface area contributed by atoms with Crippen molar-refractivity contribution in [2.45, 2.75) is 75.5 Å². The average molecular weight is 615 g/mol. The van der Waals surface area contributed by atoms with E-state index in [1.807, 2.05) is 0 Å². The normalized spacial score (nSPS) is 29.8. The molecule has 5 aromatic rings. The van der Waals surface area contributed by atoms with E-state index in [0.717, 1.165) is 48.3 Å². The molecule has 4 aliphatic carbocycles. The Morgan fingerprint density at radius 2 is 1.09 bits per heavy atom. The van der Waals surface area contributed by atoms with Crippen LogP contribution in [-0.4, -0.2) is 36.3 Å². The largest absolute Gasteiger partial charge is 0.497 e. The van der Waals surface area contributed by atoms with Gasteiger partial charge in [-0.15, -0.1) is 0 Å². The summed E-state index contributed by atoms with van der Waals surface area (Å²) in [5, 5.41) is 10.8. The number of rotatable bonds is 10. The topological polar surface area (TPSA) is 74.1 Å². The molecule has 0 aliphatic heterocycles. The number of methoxy groups -OCH3 is 2. The van der Waals surface area contributed by atoms with Gasteiger partial charge in [0.2, 0.25) is 0 Å². The number of aromatic amines is 2. The minimum Gasteiger partial charge on any atom is -0.497 e. The maximum Gasteiger partial charge on any atom is 0.119 e. The van der Waals surface area contributed by atoms with Crippen molar-refractivity contribution in [2.75, 3.05) is 14.2 Å². The van der Waals surface area contributed by atoms with Crippen LogP contribution < -0.4 is 20.1 Å². The minimum absolute atomic E-state index is 0.510. The second-order valence-corrected chi connectivity index (χ2v) is 14.7. The highest BCUT2D eigenvalue weighted by molar-refractivity contribution is 5.86. The van der Waals surface area contributed by atoms with E-state index in [0.29, 0.717) is 23.9 Å². The Bertz CT molecular complexity index is 1740. The molecule has 4 fully saturated rings. The summed E-state index contributed by atoms with van der Waals surface area (Å²) in [6, 6.07) is 23.2. The average Bonchev–Trinajstić information content (AvgIpc) is 3.95. The summed E-state index contributed by atoms with van der Waals surface area (Å²) in [6.07, 6.45) is 12.6. The summed E-state index contributed by atoms with van der Waals surface area (Å²) >= 11 is 0. The van der Waals surface area contributed by atoms with Gasteiger partial charge in [0.1, 0.15) is 11.5 Å². The predicted octanol–water partition coefficient (Wildman–Crippen LogP) is 8.01. The van der Waals surface area contributed by atoms with Crippen LogP contribution in [0.5, 0.6) is 11.5 Å². The van der Waals surface area contributed by atoms with E-state index in [4.69, 9.17) is 9.47 Å². The van der Waals surface area contributed by atoms with Crippen LogP contribution in [0, 0.1) is 23.7 Å². The number of fused-ring (bicyclic) bond motifs is 6. The molecular formula is C40H46N4O2. The van der Waals surface area contributed by atoms with Crippen LogP contribution in [0.3, 0.4) is 0 Å². The van der Waals surface area contributed by atoms with E-state index < -0.39 is 0 Å². The van der Waals surface area contributed by atoms with E-state index in [9.17, 15) is 0 Å². The molecule has 46 heavy (non-hydrogen) atoms. The van der Waals surface area contributed by atoms with Gasteiger partial charge in [-0.2, -0.15) is 0 Å². The second kappa shape index (κ2) is 11.5. The number of benzene rings is 3. The fourth-order valence-electron chi connectivity index (χ4n) is 10.4. The zero-order chi connectivity index (χ0) is 30.8. The standard InChI is InChI=1S/C40H46N4O2/c1-45-29-10-12-35-31(17-29)33(21-41-35)37-25-6-8-27(15-25)39(37)43-19-23-4-3-5-24(14-23)20-44-40-28-9-7-26(16-28)38(40)34-22-42-36-13-11-30(46-2)18-32(34)36/h3-5,10-14,17-18,21-22,25-28,37-44H,6-9,15-16,19-20H2,1-2H3/t25-,26+,27+,28-,37-,38-,39+,40+/m0/s1. The molecule has 238 valence electrons. The molecular weight excluding hydrogens is 568 g/mol. The first-order valence-electron chi connectivity index (χ1n) is 17.5. The Morgan fingerprint density at radius 3 is 1.57 bits per heavy atom. The van der Waals surface area contributed by atoms with E-state index >= 15 is 0 Å². The molecule has 4 bridgehead atoms. The Balaban J connectivity index is 0.904. The third kappa shape index (κ3) is 4.75. The van der Waals surface area contributed by atoms with Gasteiger partial charge in [-0.05, 0) is 121 Å². The predicted molar refractivity (Wildman–Crippen MR) is 185 cm³/mol. The van der Waals surface area contributed by atoms with Crippen molar-refractivity contribution >= 4 is 21.8 Å². The van der Waals surface area contributed by atoms with E-state index in [-0.39, 0.29) is 0 Å². The molecule has 0 radical (unpaired) electrons. The van der Waals surface area contributed by atoms with Crippen LogP contribution in [0.4, 0.5) is 0 Å². The van der Waals surface area contributed by atoms with E-state index in [1.165, 1.54) is 82.6 Å². The zero-order valence-electron chi connectivity index (χ0n) is 27.0. The Kier molecular flexibility index (Phi) is 7.12. The third-order valence-electron chi connectivity index (χ3n) is 12.5. The Labute approximate surface area is 271 Å². The highest BCUT2D eigenvalue weighted by Gasteiger charge is 2.49. The van der Waals surface area contributed by atoms with Crippen LogP contribution in [-0.2, 0) is 13.1 Å². The van der Waals surface area contributed by atoms with E-state index in [1.54, 1.807) is 14.2 Å². The van der Waals surface area contributed by atoms with Crippen molar-refractivity contribution in [1.82, 2.24) is 20.6 Å². The number of hydrogen-bond donors (Lipinski definition) is 4. The van der Waals surface area contributed by atoms with Gasteiger partial charge in [0.15, 0.2) is 0 Å². The monoisotopic (exact) mass is 614 g/mol. The molecule has 8 atom stereocenters. The Hall–Kier alpha value is -3.74. The molecule has 4 aliphatic rings. The summed E-state index contributed by atoms with van der Waals surface area (Å²) in [4.78, 5) is 7.11. The molecule has 0 spiro atoms. The molecule has 4 N–H and O–H groups in total. The summed E-state index contributed by atoms with van der Waals surface area (Å²) in [5.74, 6) is 6.00. The van der Waals surface area contributed by atoms with Gasteiger partial charge >= 0.3 is 0 Å². The van der Waals surface area contributed by atoms with Crippen LogP contribution in [0.2, 0.25) is 0 Å². The molecule has 6 nitrogen and oxygen atoms in total. The number of nitrogens with one attached hydrogen (secondary N) is 4. The van der Waals surface area contributed by atoms with Crippen molar-refractivity contribution in [3.8, 4) is 11.5 Å². The lowest BCUT2D eigenvalue weighted by atomic mass is 9.79. The first-order valence-corrected chi connectivity index (χ1v) is 17.5. The fourth-order valence-corrected chi connectivity index (χ4v) is 10.4. The molecule has 6 heteroatoms. The first kappa shape index (κ1) is 28.5. The van der Waals surface area contributed by atoms with Gasteiger partial charge in [-0.1, -0.05) is 24.3 Å². The zero-order valence-corrected chi connectivity index (χ0v) is 27.0. The van der Waals surface area contributed by atoms with Crippen LogP contribution in [0.25, 0.3) is 21.8 Å². The third-order valence-corrected chi connectivity index (χ3v) is 12.5. The fraction of sp³-hybridized carbons (Fsp3) is 0.450. The number of ether oxygens (including phenoxy) is 2. The molecule has 0 amide bonds. The molecule has 2 aromatic heterocycles. The summed E-state index contributed by atoms with van der Waals surface area (Å²) < 4.78 is 11.2. The van der Waals surface area contributed by atoms with Gasteiger partial charge in [0.25, 0.3) is 0 Å². The lowest BCUT2D eigenvalue weighted by Crippen LogP contribution is -2.39. The quantitative estimate of drug-likeness (QED) is 0.129. The van der Waals surface area contributed by atoms with Gasteiger partial charge in [-0.25, -0.2) is 0 Å². The SMILES string of the molecule is COc1ccc2[nH]cc([C@@H]3[C@@H]4CC[C@@H](C4)[C@H]3NCc3cccc(CN[C@@H]4[C@@H]5CC[C@@H](C5)[C@H]4c4c[nH]c5ccc(OC)cc45)c3)c2c1.